The van der Waals surface area contributed by atoms with Crippen molar-refractivity contribution in [2.45, 2.75) is 122 Å². The molecule has 18 nitrogen and oxygen atoms in total. The lowest BCUT2D eigenvalue weighted by molar-refractivity contribution is -0.140. The number of aromatic nitrogens is 6. The number of alkyl carbamates (subject to hydrolysis) is 2. The molecule has 1 aliphatic carbocycles. The number of likely N-dealkylation sites (tertiary alicyclic amines) is 2. The number of piperidine rings is 1. The van der Waals surface area contributed by atoms with Crippen LogP contribution in [0.1, 0.15) is 113 Å². The number of fused-ring (bicyclic) bond motifs is 6. The monoisotopic (exact) mass is 1020 g/mol. The highest BCUT2D eigenvalue weighted by molar-refractivity contribution is 7.11. The number of amides is 4. The van der Waals surface area contributed by atoms with Crippen molar-refractivity contribution in [3.05, 3.63) is 82.3 Å². The third-order valence-electron chi connectivity index (χ3n) is 15.4. The molecule has 2 unspecified atom stereocenters. The van der Waals surface area contributed by atoms with Gasteiger partial charge in [-0.05, 0) is 107 Å². The number of methoxy groups -OCH3 is 2. The van der Waals surface area contributed by atoms with Crippen LogP contribution in [0, 0.1) is 23.6 Å². The van der Waals surface area contributed by atoms with Crippen molar-refractivity contribution in [1.82, 2.24) is 49.9 Å². The Morgan fingerprint density at radius 3 is 2.36 bits per heavy atom. The van der Waals surface area contributed by atoms with Crippen LogP contribution < -0.4 is 15.4 Å². The van der Waals surface area contributed by atoms with Crippen LogP contribution in [0.2, 0.25) is 0 Å². The molecule has 6 aromatic rings. The number of halogens is 1. The molecule has 73 heavy (non-hydrogen) atoms. The number of hydrogen-bond acceptors (Lipinski definition) is 12. The van der Waals surface area contributed by atoms with E-state index in [1.807, 2.05) is 67.6 Å². The summed E-state index contributed by atoms with van der Waals surface area (Å²) < 4.78 is 41.6. The van der Waals surface area contributed by atoms with Gasteiger partial charge in [0.1, 0.15) is 35.3 Å². The van der Waals surface area contributed by atoms with Gasteiger partial charge in [0.05, 0.1) is 72.5 Å². The lowest BCUT2D eigenvalue weighted by atomic mass is 9.82. The molecule has 0 bridgehead atoms. The predicted octanol–water partition coefficient (Wildman–Crippen LogP) is 8.82. The molecule has 20 heteroatoms. The number of H-pyrrole nitrogens is 2. The van der Waals surface area contributed by atoms with Crippen LogP contribution in [0.4, 0.5) is 14.0 Å². The number of aryl methyl sites for hydroxylation is 1. The van der Waals surface area contributed by atoms with Gasteiger partial charge in [-0.1, -0.05) is 26.8 Å². The van der Waals surface area contributed by atoms with Crippen LogP contribution in [0.25, 0.3) is 44.7 Å². The van der Waals surface area contributed by atoms with E-state index < -0.39 is 41.9 Å². The molecule has 8 heterocycles. The SMILES string of the molecule is CCc1cnc(C2Oc3cc(-c4cnc([C@@H]5CCCN5C(=O)[C@@H](NC(=O)OC)C(C)C)[nH]4)cc(F)c3-c3cc4cc(-c5cnc([C@@H]6C[C@H]7C[C@H]7N6C(=O)[C@@H](NC(=O)OC)C6CCOC(C)(C)C6)[nH]5)ccc4n32)s1. The molecule has 0 spiro atoms. The molecule has 8 atom stereocenters. The van der Waals surface area contributed by atoms with Crippen molar-refractivity contribution in [3.8, 4) is 39.5 Å². The highest BCUT2D eigenvalue weighted by atomic mass is 32.1. The quantitative estimate of drug-likeness (QED) is 0.0910. The Labute approximate surface area is 425 Å². The van der Waals surface area contributed by atoms with Crippen molar-refractivity contribution >= 4 is 46.2 Å². The average Bonchev–Trinajstić information content (AvgIpc) is 4.14. The summed E-state index contributed by atoms with van der Waals surface area (Å²) in [5.74, 6) is 0.810. The molecule has 4 aromatic heterocycles. The number of aromatic amines is 2. The topological polar surface area (TPSA) is 211 Å². The van der Waals surface area contributed by atoms with Gasteiger partial charge in [0.25, 0.3) is 0 Å². The smallest absolute Gasteiger partial charge is 0.407 e. The maximum absolute atomic E-state index is 17.0. The Morgan fingerprint density at radius 2 is 1.64 bits per heavy atom. The highest BCUT2D eigenvalue weighted by Crippen LogP contribution is 2.54. The van der Waals surface area contributed by atoms with Gasteiger partial charge in [0.15, 0.2) is 5.01 Å². The van der Waals surface area contributed by atoms with E-state index in [1.165, 1.54) is 20.3 Å². The zero-order valence-electron chi connectivity index (χ0n) is 42.0. The number of hydrogen-bond donors (Lipinski definition) is 4. The van der Waals surface area contributed by atoms with Crippen LogP contribution in [0.5, 0.6) is 5.75 Å². The molecular weight excluding hydrogens is 956 g/mol. The van der Waals surface area contributed by atoms with E-state index in [1.54, 1.807) is 28.6 Å². The van der Waals surface area contributed by atoms with Crippen LogP contribution in [-0.4, -0.2) is 114 Å². The van der Waals surface area contributed by atoms with Crippen molar-refractivity contribution in [1.29, 1.82) is 0 Å². The van der Waals surface area contributed by atoms with Crippen molar-refractivity contribution < 1.29 is 42.5 Å². The van der Waals surface area contributed by atoms with Crippen molar-refractivity contribution in [2.24, 2.45) is 17.8 Å². The number of nitrogens with one attached hydrogen (secondary N) is 4. The highest BCUT2D eigenvalue weighted by Gasteiger charge is 2.57. The maximum Gasteiger partial charge on any atom is 0.407 e. The molecule has 4 fully saturated rings. The Bertz CT molecular complexity index is 3120. The summed E-state index contributed by atoms with van der Waals surface area (Å²) in [5.41, 5.74) is 4.05. The average molecular weight is 1020 g/mol. The fraction of sp³-hybridized carbons (Fsp3) is 0.491. The molecule has 4 amide bonds. The summed E-state index contributed by atoms with van der Waals surface area (Å²) >= 11 is 1.55. The van der Waals surface area contributed by atoms with Crippen LogP contribution >= 0.6 is 11.3 Å². The second kappa shape index (κ2) is 18.9. The largest absolute Gasteiger partial charge is 0.462 e. The number of benzene rings is 2. The molecule has 11 rings (SSSR count). The van der Waals surface area contributed by atoms with E-state index in [-0.39, 0.29) is 41.8 Å². The first-order valence-corrected chi connectivity index (χ1v) is 26.1. The van der Waals surface area contributed by atoms with Crippen LogP contribution in [0.3, 0.4) is 0 Å². The van der Waals surface area contributed by atoms with E-state index in [9.17, 15) is 19.2 Å². The summed E-state index contributed by atoms with van der Waals surface area (Å²) in [6.07, 6.45) is 8.45. The maximum atomic E-state index is 17.0. The first-order chi connectivity index (χ1) is 35.1. The second-order valence-corrected chi connectivity index (χ2v) is 22.1. The Morgan fingerprint density at radius 1 is 0.904 bits per heavy atom. The van der Waals surface area contributed by atoms with Gasteiger partial charge in [-0.15, -0.1) is 11.3 Å². The molecule has 0 radical (unpaired) electrons. The number of ether oxygens (including phenoxy) is 4. The third-order valence-corrected chi connectivity index (χ3v) is 16.6. The van der Waals surface area contributed by atoms with E-state index in [4.69, 9.17) is 33.9 Å². The number of rotatable bonds is 12. The van der Waals surface area contributed by atoms with Crippen molar-refractivity contribution in [3.63, 3.8) is 0 Å². The van der Waals surface area contributed by atoms with Gasteiger partial charge < -0.3 is 49.3 Å². The molecule has 384 valence electrons. The van der Waals surface area contributed by atoms with E-state index in [2.05, 4.69) is 33.6 Å². The molecular formula is C53H61FN10O8S. The fourth-order valence-electron chi connectivity index (χ4n) is 11.7. The summed E-state index contributed by atoms with van der Waals surface area (Å²) in [6.45, 7) is 10.8. The second-order valence-electron chi connectivity index (χ2n) is 20.9. The summed E-state index contributed by atoms with van der Waals surface area (Å²) in [5, 5.41) is 7.16. The first kappa shape index (κ1) is 48.5. The molecule has 3 saturated heterocycles. The van der Waals surface area contributed by atoms with Gasteiger partial charge >= 0.3 is 12.2 Å². The predicted molar refractivity (Wildman–Crippen MR) is 269 cm³/mol. The minimum absolute atomic E-state index is 0.0737. The summed E-state index contributed by atoms with van der Waals surface area (Å²) in [7, 11) is 2.57. The Kier molecular flexibility index (Phi) is 12.6. The minimum Gasteiger partial charge on any atom is -0.462 e. The summed E-state index contributed by atoms with van der Waals surface area (Å²) in [6, 6.07) is 9.21. The molecule has 5 aliphatic rings. The number of carbonyl (C=O) groups excluding carboxylic acids is 4. The standard InChI is InChI=1S/C53H61FN10O8S/c1-8-32-23-57-47(73-32)50-64-36-12-11-27(34-24-56-46(58-34)40-20-31-18-38(31)63(40)49(66)44(61-52(68)70-7)28-13-15-71-53(4,5)22-28)16-30(36)19-39(64)42-33(54)17-29(21-41(42)72-50)35-25-55-45(59-35)37-10-9-14-62(37)48(65)43(26(2)3)60-51(67)69-6/h11-12,16-17,19,21,23-26,28,31,37-38,40,43-44,50H,8-10,13-15,18,20,22H2,1-7H3,(H,55,59)(H,56,58)(H,60,67)(H,61,68)/t28?,31-,37+,38-,40+,43+,44+,50?/m1/s1. The van der Waals surface area contributed by atoms with E-state index in [0.29, 0.717) is 78.2 Å². The fourth-order valence-corrected chi connectivity index (χ4v) is 12.5. The van der Waals surface area contributed by atoms with Crippen LogP contribution in [-0.2, 0) is 30.2 Å². The number of imidazole rings is 2. The van der Waals surface area contributed by atoms with Gasteiger partial charge in [-0.25, -0.2) is 28.9 Å². The lowest BCUT2D eigenvalue weighted by Crippen LogP contribution is -2.55. The van der Waals surface area contributed by atoms with Gasteiger partial charge in [-0.2, -0.15) is 0 Å². The molecule has 4 N–H and O–H groups in total. The van der Waals surface area contributed by atoms with Gasteiger partial charge in [0.2, 0.25) is 18.0 Å². The van der Waals surface area contributed by atoms with E-state index >= 15 is 4.39 Å². The Balaban J connectivity index is 0.893. The Hall–Kier alpha value is -6.80. The molecule has 1 saturated carbocycles. The van der Waals surface area contributed by atoms with Gasteiger partial charge in [0, 0.05) is 46.8 Å². The van der Waals surface area contributed by atoms with E-state index in [0.717, 1.165) is 57.7 Å². The minimum atomic E-state index is -0.777. The lowest BCUT2D eigenvalue weighted by Gasteiger charge is -2.40. The summed E-state index contributed by atoms with van der Waals surface area (Å²) in [4.78, 5) is 79.4. The molecule has 2 aromatic carbocycles. The molecule has 4 aliphatic heterocycles. The van der Waals surface area contributed by atoms with Crippen LogP contribution in [0.15, 0.2) is 55.0 Å². The van der Waals surface area contributed by atoms with Crippen molar-refractivity contribution in [2.75, 3.05) is 27.4 Å². The number of nitrogens with zero attached hydrogens (tertiary/aromatic N) is 6. The number of carbonyl (C=O) groups is 4. The third kappa shape index (κ3) is 8.89. The zero-order chi connectivity index (χ0) is 51.0. The van der Waals surface area contributed by atoms with Gasteiger partial charge in [-0.3, -0.25) is 14.2 Å². The zero-order valence-corrected chi connectivity index (χ0v) is 42.8. The number of thiazole rings is 1. The first-order valence-electron chi connectivity index (χ1n) is 25.3. The normalized spacial score (nSPS) is 23.6.